The number of aliphatic hydroxyl groups is 1. The number of likely N-dealkylation sites (tertiary alicyclic amines) is 1. The van der Waals surface area contributed by atoms with Gasteiger partial charge in [0, 0.05) is 18.7 Å². The van der Waals surface area contributed by atoms with Crippen molar-refractivity contribution < 1.29 is 19.4 Å². The zero-order valence-corrected chi connectivity index (χ0v) is 18.2. The quantitative estimate of drug-likeness (QED) is 0.306. The van der Waals surface area contributed by atoms with E-state index in [-0.39, 0.29) is 11.3 Å². The molecule has 0 aromatic heterocycles. The molecule has 1 aliphatic heterocycles. The van der Waals surface area contributed by atoms with Crippen molar-refractivity contribution in [2.45, 2.75) is 13.0 Å². The van der Waals surface area contributed by atoms with E-state index in [0.717, 1.165) is 11.1 Å². The number of nitrogens with zero attached hydrogens (tertiary/aromatic N) is 2. The Kier molecular flexibility index (Phi) is 6.92. The van der Waals surface area contributed by atoms with Crippen molar-refractivity contribution in [3.05, 3.63) is 83.4 Å². The number of benzene rings is 2. The molecule has 2 aromatic carbocycles. The van der Waals surface area contributed by atoms with E-state index in [0.29, 0.717) is 31.0 Å². The lowest BCUT2D eigenvalue weighted by molar-refractivity contribution is -0.140. The second-order valence-electron chi connectivity index (χ2n) is 7.83. The maximum absolute atomic E-state index is 13.0. The molecule has 1 atom stereocenters. The van der Waals surface area contributed by atoms with Crippen LogP contribution in [0.4, 0.5) is 0 Å². The molecule has 6 heteroatoms. The van der Waals surface area contributed by atoms with Crippen LogP contribution in [0.25, 0.3) is 5.76 Å². The number of amides is 1. The lowest BCUT2D eigenvalue weighted by Crippen LogP contribution is -2.35. The average Bonchev–Trinajstić information content (AvgIpc) is 3.01. The fraction of sp³-hybridized carbons (Fsp3) is 0.280. The molecule has 1 amide bonds. The smallest absolute Gasteiger partial charge is 0.295 e. The predicted octanol–water partition coefficient (Wildman–Crippen LogP) is 3.54. The summed E-state index contributed by atoms with van der Waals surface area (Å²) >= 11 is 0. The lowest BCUT2D eigenvalue weighted by Gasteiger charge is -2.26. The van der Waals surface area contributed by atoms with E-state index in [1.807, 2.05) is 50.2 Å². The number of Topliss-reactive ketones (excluding diaryl/α,β-unsaturated/α-hetero) is 1. The second-order valence-corrected chi connectivity index (χ2v) is 7.83. The Hall–Kier alpha value is -3.38. The molecule has 1 fully saturated rings. The number of carbonyl (C=O) groups excluding carboxylic acids is 2. The van der Waals surface area contributed by atoms with E-state index in [1.165, 1.54) is 0 Å². The van der Waals surface area contributed by atoms with E-state index >= 15 is 0 Å². The molecule has 0 saturated carbocycles. The summed E-state index contributed by atoms with van der Waals surface area (Å²) in [5.41, 5.74) is 2.42. The summed E-state index contributed by atoms with van der Waals surface area (Å²) in [5.74, 6) is -0.835. The monoisotopic (exact) mass is 420 g/mol. The number of rotatable bonds is 8. The minimum absolute atomic E-state index is 0.104. The van der Waals surface area contributed by atoms with Crippen molar-refractivity contribution in [3.63, 3.8) is 0 Å². The van der Waals surface area contributed by atoms with Gasteiger partial charge in [0.05, 0.1) is 11.6 Å². The van der Waals surface area contributed by atoms with Crippen LogP contribution >= 0.6 is 0 Å². The van der Waals surface area contributed by atoms with Gasteiger partial charge in [0.25, 0.3) is 11.7 Å². The van der Waals surface area contributed by atoms with E-state index in [9.17, 15) is 14.7 Å². The minimum atomic E-state index is -0.672. The molecule has 3 rings (SSSR count). The largest absolute Gasteiger partial charge is 0.507 e. The van der Waals surface area contributed by atoms with Gasteiger partial charge in [-0.05, 0) is 50.8 Å². The Labute approximate surface area is 183 Å². The zero-order chi connectivity index (χ0) is 22.5. The topological polar surface area (TPSA) is 70.1 Å². The molecule has 1 N–H and O–H groups in total. The molecule has 1 aliphatic rings. The molecular formula is C25H28N2O4. The van der Waals surface area contributed by atoms with Crippen LogP contribution < -0.4 is 4.74 Å². The van der Waals surface area contributed by atoms with Crippen molar-refractivity contribution in [2.75, 3.05) is 33.8 Å². The summed E-state index contributed by atoms with van der Waals surface area (Å²) in [6.45, 7) is 6.94. The van der Waals surface area contributed by atoms with Gasteiger partial charge in [-0.25, -0.2) is 0 Å². The number of hydrogen-bond acceptors (Lipinski definition) is 5. The third kappa shape index (κ3) is 4.86. The van der Waals surface area contributed by atoms with E-state index in [4.69, 9.17) is 4.74 Å². The van der Waals surface area contributed by atoms with Gasteiger partial charge >= 0.3 is 0 Å². The van der Waals surface area contributed by atoms with Gasteiger partial charge in [-0.3, -0.25) is 9.59 Å². The molecule has 0 radical (unpaired) electrons. The lowest BCUT2D eigenvalue weighted by atomic mass is 9.94. The van der Waals surface area contributed by atoms with Crippen molar-refractivity contribution in [1.82, 2.24) is 9.80 Å². The van der Waals surface area contributed by atoms with Crippen molar-refractivity contribution in [3.8, 4) is 5.75 Å². The number of carbonyl (C=O) groups is 2. The molecule has 2 aromatic rings. The first-order chi connectivity index (χ1) is 14.8. The van der Waals surface area contributed by atoms with Crippen molar-refractivity contribution in [2.24, 2.45) is 0 Å². The summed E-state index contributed by atoms with van der Waals surface area (Å²) in [5, 5.41) is 11.1. The fourth-order valence-electron chi connectivity index (χ4n) is 3.53. The normalized spacial score (nSPS) is 17.9. The van der Waals surface area contributed by atoms with Gasteiger partial charge in [-0.15, -0.1) is 0 Å². The van der Waals surface area contributed by atoms with Gasteiger partial charge in [0.1, 0.15) is 18.1 Å². The third-order valence-corrected chi connectivity index (χ3v) is 5.22. The summed E-state index contributed by atoms with van der Waals surface area (Å²) in [6, 6.07) is 13.8. The van der Waals surface area contributed by atoms with E-state index in [2.05, 4.69) is 6.58 Å². The Morgan fingerprint density at radius 3 is 2.35 bits per heavy atom. The van der Waals surface area contributed by atoms with Crippen LogP contribution in [-0.2, 0) is 9.59 Å². The molecule has 31 heavy (non-hydrogen) atoms. The molecule has 162 valence electrons. The van der Waals surface area contributed by atoms with Gasteiger partial charge in [0.15, 0.2) is 0 Å². The Morgan fingerprint density at radius 1 is 1.13 bits per heavy atom. The molecule has 1 saturated heterocycles. The first kappa shape index (κ1) is 22.3. The number of ether oxygens (including phenoxy) is 1. The summed E-state index contributed by atoms with van der Waals surface area (Å²) < 4.78 is 5.48. The van der Waals surface area contributed by atoms with Gasteiger partial charge in [0.2, 0.25) is 0 Å². The SMILES string of the molecule is C=CCOc1ccc(C(O)=C2C(=O)C(=O)N(CCN(C)C)[C@H]2c2ccc(C)cc2)cc1. The molecule has 0 spiro atoms. The molecule has 0 aliphatic carbocycles. The Bertz CT molecular complexity index is 991. The van der Waals surface area contributed by atoms with E-state index in [1.54, 1.807) is 35.2 Å². The maximum atomic E-state index is 13.0. The van der Waals surface area contributed by atoms with Gasteiger partial charge in [-0.1, -0.05) is 42.5 Å². The van der Waals surface area contributed by atoms with Crippen LogP contribution in [0.1, 0.15) is 22.7 Å². The van der Waals surface area contributed by atoms with Crippen LogP contribution in [0.3, 0.4) is 0 Å². The molecule has 6 nitrogen and oxygen atoms in total. The molecule has 1 heterocycles. The fourth-order valence-corrected chi connectivity index (χ4v) is 3.53. The van der Waals surface area contributed by atoms with Crippen LogP contribution in [0.2, 0.25) is 0 Å². The summed E-state index contributed by atoms with van der Waals surface area (Å²) in [7, 11) is 3.82. The Balaban J connectivity index is 2.05. The predicted molar refractivity (Wildman–Crippen MR) is 121 cm³/mol. The van der Waals surface area contributed by atoms with Crippen molar-refractivity contribution >= 4 is 17.4 Å². The molecular weight excluding hydrogens is 392 g/mol. The van der Waals surface area contributed by atoms with E-state index < -0.39 is 17.7 Å². The number of likely N-dealkylation sites (N-methyl/N-ethyl adjacent to an activating group) is 1. The first-order valence-electron chi connectivity index (χ1n) is 10.2. The van der Waals surface area contributed by atoms with Crippen molar-refractivity contribution in [1.29, 1.82) is 0 Å². The van der Waals surface area contributed by atoms with Gasteiger partial charge < -0.3 is 19.6 Å². The summed E-state index contributed by atoms with van der Waals surface area (Å²) in [4.78, 5) is 29.3. The highest BCUT2D eigenvalue weighted by Gasteiger charge is 2.45. The Morgan fingerprint density at radius 2 is 1.77 bits per heavy atom. The number of aryl methyl sites for hydroxylation is 1. The second kappa shape index (κ2) is 9.62. The molecule has 0 bridgehead atoms. The number of hydrogen-bond donors (Lipinski definition) is 1. The zero-order valence-electron chi connectivity index (χ0n) is 18.2. The van der Waals surface area contributed by atoms with Gasteiger partial charge in [-0.2, -0.15) is 0 Å². The highest BCUT2D eigenvalue weighted by atomic mass is 16.5. The maximum Gasteiger partial charge on any atom is 0.295 e. The minimum Gasteiger partial charge on any atom is -0.507 e. The molecule has 0 unspecified atom stereocenters. The number of aliphatic hydroxyl groups excluding tert-OH is 1. The average molecular weight is 421 g/mol. The van der Waals surface area contributed by atoms with Crippen LogP contribution in [0.15, 0.2) is 66.8 Å². The first-order valence-corrected chi connectivity index (χ1v) is 10.2. The third-order valence-electron chi connectivity index (χ3n) is 5.22. The number of ketones is 1. The van der Waals surface area contributed by atoms with Crippen LogP contribution in [0, 0.1) is 6.92 Å². The van der Waals surface area contributed by atoms with Crippen LogP contribution in [0.5, 0.6) is 5.75 Å². The van der Waals surface area contributed by atoms with Crippen LogP contribution in [-0.4, -0.2) is 60.4 Å². The highest BCUT2D eigenvalue weighted by Crippen LogP contribution is 2.39. The standard InChI is InChI=1S/C25H28N2O4/c1-5-16-31-20-12-10-19(11-13-20)23(28)21-22(18-8-6-17(2)7-9-18)27(15-14-26(3)4)25(30)24(21)29/h5-13,22,28H,1,14-16H2,2-4H3/t22-/m0/s1. The highest BCUT2D eigenvalue weighted by molar-refractivity contribution is 6.46. The summed E-state index contributed by atoms with van der Waals surface area (Å²) in [6.07, 6.45) is 1.64.